The van der Waals surface area contributed by atoms with E-state index in [1.54, 1.807) is 28.4 Å². The van der Waals surface area contributed by atoms with Crippen LogP contribution in [0, 0.1) is 6.92 Å². The van der Waals surface area contributed by atoms with Crippen LogP contribution in [0.25, 0.3) is 10.9 Å². The van der Waals surface area contributed by atoms with Crippen molar-refractivity contribution in [2.24, 2.45) is 0 Å². The molecule has 0 saturated carbocycles. The molecule has 28 heavy (non-hydrogen) atoms. The van der Waals surface area contributed by atoms with Gasteiger partial charge in [0.25, 0.3) is 0 Å². The number of fused-ring (bicyclic) bond motifs is 1. The topological polar surface area (TPSA) is 64.7 Å². The number of ether oxygens (including phenoxy) is 4. The fraction of sp³-hybridized carbons (Fsp3) is 0.364. The molecule has 0 aliphatic carbocycles. The number of hydrogen-bond acceptors (Lipinski definition) is 5. The first-order valence-electron chi connectivity index (χ1n) is 9.26. The lowest BCUT2D eigenvalue weighted by Gasteiger charge is -2.14. The predicted molar refractivity (Wildman–Crippen MR) is 111 cm³/mol. The quantitative estimate of drug-likeness (QED) is 0.549. The third kappa shape index (κ3) is 4.02. The third-order valence-corrected chi connectivity index (χ3v) is 4.93. The van der Waals surface area contributed by atoms with Gasteiger partial charge in [-0.3, -0.25) is 0 Å². The first kappa shape index (κ1) is 19.9. The van der Waals surface area contributed by atoms with Crippen molar-refractivity contribution in [3.05, 3.63) is 47.2 Å². The molecule has 1 aromatic heterocycles. The second-order valence-electron chi connectivity index (χ2n) is 6.60. The van der Waals surface area contributed by atoms with Gasteiger partial charge < -0.3 is 29.2 Å². The van der Waals surface area contributed by atoms with Gasteiger partial charge >= 0.3 is 0 Å². The average molecular weight is 384 g/mol. The van der Waals surface area contributed by atoms with Crippen LogP contribution in [0.5, 0.6) is 23.0 Å². The van der Waals surface area contributed by atoms with Gasteiger partial charge in [0.1, 0.15) is 5.75 Å². The average Bonchev–Trinajstić information content (AvgIpc) is 3.04. The fourth-order valence-corrected chi connectivity index (χ4v) is 3.49. The Labute approximate surface area is 165 Å². The van der Waals surface area contributed by atoms with Crippen LogP contribution in [0.1, 0.15) is 16.8 Å². The van der Waals surface area contributed by atoms with Gasteiger partial charge in [-0.15, -0.1) is 0 Å². The second-order valence-corrected chi connectivity index (χ2v) is 6.60. The summed E-state index contributed by atoms with van der Waals surface area (Å²) in [4.78, 5) is 3.45. The monoisotopic (exact) mass is 384 g/mol. The highest BCUT2D eigenvalue weighted by molar-refractivity contribution is 5.86. The largest absolute Gasteiger partial charge is 0.497 e. The molecular formula is C22H28N2O4. The van der Waals surface area contributed by atoms with Crippen LogP contribution in [0.3, 0.4) is 0 Å². The number of aromatic amines is 1. The molecule has 0 aliphatic rings. The smallest absolute Gasteiger partial charge is 0.203 e. The van der Waals surface area contributed by atoms with E-state index < -0.39 is 0 Å². The van der Waals surface area contributed by atoms with E-state index in [-0.39, 0.29) is 0 Å². The minimum Gasteiger partial charge on any atom is -0.497 e. The van der Waals surface area contributed by atoms with E-state index >= 15 is 0 Å². The predicted octanol–water partition coefficient (Wildman–Crippen LogP) is 3.84. The highest BCUT2D eigenvalue weighted by atomic mass is 16.5. The molecule has 0 spiro atoms. The summed E-state index contributed by atoms with van der Waals surface area (Å²) >= 11 is 0. The van der Waals surface area contributed by atoms with Gasteiger partial charge in [0, 0.05) is 23.1 Å². The van der Waals surface area contributed by atoms with E-state index in [0.29, 0.717) is 23.8 Å². The fourth-order valence-electron chi connectivity index (χ4n) is 3.49. The number of hydrogen-bond donors (Lipinski definition) is 2. The molecule has 0 atom stereocenters. The Morgan fingerprint density at radius 3 is 2.21 bits per heavy atom. The Kier molecular flexibility index (Phi) is 6.31. The standard InChI is InChI=1S/C22H28N2O4/c1-14-17(18-12-16(25-2)6-7-19(18)24-14)8-9-23-13-15-10-20(26-3)22(28-5)21(11-15)27-4/h6-7,10-12,23-24H,8-9,13H2,1-5H3. The molecule has 6 heteroatoms. The van der Waals surface area contributed by atoms with Gasteiger partial charge in [-0.05, 0) is 61.3 Å². The van der Waals surface area contributed by atoms with Crippen molar-refractivity contribution >= 4 is 10.9 Å². The number of nitrogens with one attached hydrogen (secondary N) is 2. The lowest BCUT2D eigenvalue weighted by atomic mass is 10.1. The molecule has 0 amide bonds. The number of aryl methyl sites for hydroxylation is 1. The number of methoxy groups -OCH3 is 4. The lowest BCUT2D eigenvalue weighted by molar-refractivity contribution is 0.323. The first-order valence-corrected chi connectivity index (χ1v) is 9.26. The van der Waals surface area contributed by atoms with Crippen molar-refractivity contribution < 1.29 is 18.9 Å². The number of benzene rings is 2. The molecule has 0 unspecified atom stereocenters. The van der Waals surface area contributed by atoms with Gasteiger partial charge in [-0.25, -0.2) is 0 Å². The number of aromatic nitrogens is 1. The van der Waals surface area contributed by atoms with Gasteiger partial charge in [-0.2, -0.15) is 0 Å². The minimum atomic E-state index is 0.608. The van der Waals surface area contributed by atoms with E-state index in [9.17, 15) is 0 Å². The van der Waals surface area contributed by atoms with Crippen LogP contribution < -0.4 is 24.3 Å². The van der Waals surface area contributed by atoms with Crippen LogP contribution in [-0.4, -0.2) is 40.0 Å². The van der Waals surface area contributed by atoms with E-state index in [4.69, 9.17) is 18.9 Å². The molecule has 150 valence electrons. The molecule has 3 rings (SSSR count). The van der Waals surface area contributed by atoms with Crippen LogP contribution in [0.2, 0.25) is 0 Å². The highest BCUT2D eigenvalue weighted by Crippen LogP contribution is 2.38. The summed E-state index contributed by atoms with van der Waals surface area (Å²) in [5.74, 6) is 2.81. The molecule has 0 fully saturated rings. The lowest BCUT2D eigenvalue weighted by Crippen LogP contribution is -2.17. The molecule has 0 saturated heterocycles. The summed E-state index contributed by atoms with van der Waals surface area (Å²) in [5, 5.41) is 4.72. The summed E-state index contributed by atoms with van der Waals surface area (Å²) in [6.45, 7) is 3.67. The summed E-state index contributed by atoms with van der Waals surface area (Å²) in [6, 6.07) is 10.1. The molecule has 2 N–H and O–H groups in total. The van der Waals surface area contributed by atoms with Crippen molar-refractivity contribution in [1.82, 2.24) is 10.3 Å². The van der Waals surface area contributed by atoms with Crippen LogP contribution in [-0.2, 0) is 13.0 Å². The zero-order chi connectivity index (χ0) is 20.1. The molecule has 0 radical (unpaired) electrons. The van der Waals surface area contributed by atoms with Crippen molar-refractivity contribution in [2.45, 2.75) is 19.9 Å². The number of H-pyrrole nitrogens is 1. The molecule has 0 aliphatic heterocycles. The second kappa shape index (κ2) is 8.89. The van der Waals surface area contributed by atoms with Crippen LogP contribution in [0.4, 0.5) is 0 Å². The normalized spacial score (nSPS) is 10.9. The van der Waals surface area contributed by atoms with Crippen molar-refractivity contribution in [3.8, 4) is 23.0 Å². The summed E-state index contributed by atoms with van der Waals surface area (Å²) in [5.41, 5.74) is 4.72. The molecule has 1 heterocycles. The van der Waals surface area contributed by atoms with Crippen LogP contribution in [0.15, 0.2) is 30.3 Å². The summed E-state index contributed by atoms with van der Waals surface area (Å²) < 4.78 is 21.6. The van der Waals surface area contributed by atoms with Crippen LogP contribution >= 0.6 is 0 Å². The third-order valence-electron chi connectivity index (χ3n) is 4.93. The highest BCUT2D eigenvalue weighted by Gasteiger charge is 2.13. The maximum Gasteiger partial charge on any atom is 0.203 e. The molecular weight excluding hydrogens is 356 g/mol. The van der Waals surface area contributed by atoms with Gasteiger partial charge in [0.2, 0.25) is 5.75 Å². The Morgan fingerprint density at radius 2 is 1.61 bits per heavy atom. The summed E-state index contributed by atoms with van der Waals surface area (Å²) in [7, 11) is 6.56. The zero-order valence-corrected chi connectivity index (χ0v) is 17.1. The van der Waals surface area contributed by atoms with Gasteiger partial charge in [-0.1, -0.05) is 0 Å². The Morgan fingerprint density at radius 1 is 0.893 bits per heavy atom. The van der Waals surface area contributed by atoms with Crippen molar-refractivity contribution in [3.63, 3.8) is 0 Å². The first-order chi connectivity index (χ1) is 13.6. The van der Waals surface area contributed by atoms with E-state index in [2.05, 4.69) is 29.4 Å². The molecule has 2 aromatic carbocycles. The van der Waals surface area contributed by atoms with E-state index in [0.717, 1.165) is 29.8 Å². The zero-order valence-electron chi connectivity index (χ0n) is 17.1. The summed E-state index contributed by atoms with van der Waals surface area (Å²) in [6.07, 6.45) is 0.920. The molecule has 6 nitrogen and oxygen atoms in total. The van der Waals surface area contributed by atoms with E-state index in [1.807, 2.05) is 18.2 Å². The Balaban J connectivity index is 1.68. The van der Waals surface area contributed by atoms with Gasteiger partial charge in [0.05, 0.1) is 28.4 Å². The maximum absolute atomic E-state index is 5.42. The molecule has 0 bridgehead atoms. The minimum absolute atomic E-state index is 0.608. The van der Waals surface area contributed by atoms with E-state index in [1.165, 1.54) is 16.6 Å². The maximum atomic E-state index is 5.42. The van der Waals surface area contributed by atoms with Crippen molar-refractivity contribution in [2.75, 3.05) is 35.0 Å². The van der Waals surface area contributed by atoms with Gasteiger partial charge in [0.15, 0.2) is 11.5 Å². The SMILES string of the molecule is COc1ccc2[nH]c(C)c(CCNCc3cc(OC)c(OC)c(OC)c3)c2c1. The van der Waals surface area contributed by atoms with Crippen molar-refractivity contribution in [1.29, 1.82) is 0 Å². The molecule has 3 aromatic rings. The Hall–Kier alpha value is -2.86. The Bertz CT molecular complexity index is 924. The number of rotatable bonds is 9.